The van der Waals surface area contributed by atoms with Gasteiger partial charge in [0.05, 0.1) is 5.52 Å². The molecular formula is C10H8F2N2O. The lowest BCUT2D eigenvalue weighted by molar-refractivity contribution is 0.100. The van der Waals surface area contributed by atoms with Crippen molar-refractivity contribution in [2.24, 2.45) is 7.05 Å². The Hall–Kier alpha value is -1.78. The highest BCUT2D eigenvalue weighted by atomic mass is 19.1. The maximum absolute atomic E-state index is 13.3. The van der Waals surface area contributed by atoms with Crippen LogP contribution in [-0.4, -0.2) is 15.3 Å². The molecule has 1 heterocycles. The van der Waals surface area contributed by atoms with E-state index in [1.54, 1.807) is 7.05 Å². The fraction of sp³-hybridized carbons (Fsp3) is 0.200. The van der Waals surface area contributed by atoms with E-state index in [2.05, 4.69) is 4.98 Å². The molecule has 78 valence electrons. The van der Waals surface area contributed by atoms with E-state index in [1.165, 1.54) is 11.5 Å². The van der Waals surface area contributed by atoms with Crippen molar-refractivity contribution in [3.63, 3.8) is 0 Å². The van der Waals surface area contributed by atoms with Crippen LogP contribution in [0.3, 0.4) is 0 Å². The van der Waals surface area contributed by atoms with Crippen molar-refractivity contribution >= 4 is 16.8 Å². The minimum atomic E-state index is -0.756. The van der Waals surface area contributed by atoms with E-state index in [4.69, 9.17) is 0 Å². The number of aryl methyl sites for hydroxylation is 1. The van der Waals surface area contributed by atoms with Gasteiger partial charge in [0.2, 0.25) is 0 Å². The fourth-order valence-electron chi connectivity index (χ4n) is 1.53. The Morgan fingerprint density at radius 2 is 2.07 bits per heavy atom. The number of Topliss-reactive ketones (excluding diaryl/α,β-unsaturated/α-hetero) is 1. The summed E-state index contributed by atoms with van der Waals surface area (Å²) < 4.78 is 27.6. The van der Waals surface area contributed by atoms with Gasteiger partial charge in [-0.3, -0.25) is 4.79 Å². The molecule has 2 rings (SSSR count). The first-order valence-corrected chi connectivity index (χ1v) is 4.33. The lowest BCUT2D eigenvalue weighted by Gasteiger charge is -1.97. The molecule has 0 aliphatic heterocycles. The molecule has 0 saturated carbocycles. The first kappa shape index (κ1) is 9.76. The van der Waals surface area contributed by atoms with E-state index in [1.807, 2.05) is 0 Å². The Morgan fingerprint density at radius 3 is 2.67 bits per heavy atom. The first-order valence-electron chi connectivity index (χ1n) is 4.33. The van der Waals surface area contributed by atoms with Gasteiger partial charge in [-0.2, -0.15) is 0 Å². The van der Waals surface area contributed by atoms with E-state index in [0.717, 1.165) is 12.1 Å². The molecule has 0 bridgehead atoms. The third-order valence-corrected chi connectivity index (χ3v) is 2.22. The van der Waals surface area contributed by atoms with Crippen LogP contribution in [0.2, 0.25) is 0 Å². The Labute approximate surface area is 84.3 Å². The number of hydrogen-bond acceptors (Lipinski definition) is 2. The second-order valence-electron chi connectivity index (χ2n) is 3.31. The second kappa shape index (κ2) is 3.12. The van der Waals surface area contributed by atoms with Gasteiger partial charge in [-0.15, -0.1) is 0 Å². The van der Waals surface area contributed by atoms with Crippen molar-refractivity contribution in [2.75, 3.05) is 0 Å². The number of nitrogens with zero attached hydrogens (tertiary/aromatic N) is 2. The summed E-state index contributed by atoms with van der Waals surface area (Å²) in [6, 6.07) is 1.90. The van der Waals surface area contributed by atoms with Gasteiger partial charge in [-0.05, 0) is 6.07 Å². The maximum atomic E-state index is 13.3. The average Bonchev–Trinajstić information content (AvgIpc) is 2.44. The predicted octanol–water partition coefficient (Wildman–Crippen LogP) is 2.05. The fourth-order valence-corrected chi connectivity index (χ4v) is 1.53. The summed E-state index contributed by atoms with van der Waals surface area (Å²) in [6.45, 7) is 1.33. The molecule has 0 aliphatic rings. The molecular weight excluding hydrogens is 202 g/mol. The first-order chi connectivity index (χ1) is 7.00. The van der Waals surface area contributed by atoms with Crippen LogP contribution in [0.4, 0.5) is 8.78 Å². The number of hydrogen-bond donors (Lipinski definition) is 0. The van der Waals surface area contributed by atoms with Crippen molar-refractivity contribution in [3.8, 4) is 0 Å². The van der Waals surface area contributed by atoms with E-state index < -0.39 is 11.6 Å². The van der Waals surface area contributed by atoms with E-state index in [-0.39, 0.29) is 22.6 Å². The van der Waals surface area contributed by atoms with Gasteiger partial charge >= 0.3 is 0 Å². The Kier molecular flexibility index (Phi) is 2.03. The molecule has 0 spiro atoms. The van der Waals surface area contributed by atoms with Crippen LogP contribution in [0.25, 0.3) is 11.0 Å². The summed E-state index contributed by atoms with van der Waals surface area (Å²) in [4.78, 5) is 15.0. The molecule has 0 fully saturated rings. The number of fused-ring (bicyclic) bond motifs is 1. The number of halogens is 2. The Balaban J connectivity index is 2.88. The van der Waals surface area contributed by atoms with Gasteiger partial charge in [0.25, 0.3) is 0 Å². The number of carbonyl (C=O) groups excluding carboxylic acids is 1. The number of benzene rings is 1. The van der Waals surface area contributed by atoms with Crippen molar-refractivity contribution < 1.29 is 13.6 Å². The molecule has 2 aromatic rings. The molecule has 15 heavy (non-hydrogen) atoms. The summed E-state index contributed by atoms with van der Waals surface area (Å²) >= 11 is 0. The largest absolute Gasteiger partial charge is 0.324 e. The van der Waals surface area contributed by atoms with Gasteiger partial charge < -0.3 is 4.57 Å². The van der Waals surface area contributed by atoms with Crippen molar-refractivity contribution in [1.29, 1.82) is 0 Å². The molecule has 0 amide bonds. The molecule has 1 aromatic carbocycles. The third kappa shape index (κ3) is 1.40. The standard InChI is InChI=1S/C10H8F2N2O/c1-5(15)10-13-9-7(12)3-6(11)4-8(9)14(10)2/h3-4H,1-2H3. The molecule has 0 saturated heterocycles. The zero-order chi connectivity index (χ0) is 11.2. The highest BCUT2D eigenvalue weighted by molar-refractivity contribution is 5.94. The van der Waals surface area contributed by atoms with Crippen LogP contribution < -0.4 is 0 Å². The Morgan fingerprint density at radius 1 is 1.40 bits per heavy atom. The highest BCUT2D eigenvalue weighted by Gasteiger charge is 2.15. The van der Waals surface area contributed by atoms with Crippen molar-refractivity contribution in [1.82, 2.24) is 9.55 Å². The summed E-state index contributed by atoms with van der Waals surface area (Å²) in [5, 5.41) is 0. The third-order valence-electron chi connectivity index (χ3n) is 2.22. The van der Waals surface area contributed by atoms with Crippen LogP contribution in [0.15, 0.2) is 12.1 Å². The maximum Gasteiger partial charge on any atom is 0.195 e. The lowest BCUT2D eigenvalue weighted by atomic mass is 10.3. The molecule has 0 unspecified atom stereocenters. The van der Waals surface area contributed by atoms with Crippen molar-refractivity contribution in [2.45, 2.75) is 6.92 Å². The zero-order valence-electron chi connectivity index (χ0n) is 8.21. The minimum absolute atomic E-state index is 0.0177. The average molecular weight is 210 g/mol. The van der Waals surface area contributed by atoms with Gasteiger partial charge in [-0.1, -0.05) is 0 Å². The molecule has 0 radical (unpaired) electrons. The number of aromatic nitrogens is 2. The topological polar surface area (TPSA) is 34.9 Å². The van der Waals surface area contributed by atoms with Gasteiger partial charge in [0.15, 0.2) is 17.4 Å². The number of ketones is 1. The minimum Gasteiger partial charge on any atom is -0.324 e. The predicted molar refractivity (Wildman–Crippen MR) is 50.6 cm³/mol. The molecule has 1 aromatic heterocycles. The van der Waals surface area contributed by atoms with E-state index in [0.29, 0.717) is 0 Å². The SMILES string of the molecule is CC(=O)c1nc2c(F)cc(F)cc2n1C. The summed E-state index contributed by atoms with van der Waals surface area (Å²) in [7, 11) is 1.55. The number of imidazole rings is 1. The molecule has 5 heteroatoms. The van der Waals surface area contributed by atoms with Crippen LogP contribution >= 0.6 is 0 Å². The molecule has 3 nitrogen and oxygen atoms in total. The normalized spacial score (nSPS) is 10.9. The highest BCUT2D eigenvalue weighted by Crippen LogP contribution is 2.19. The monoisotopic (exact) mass is 210 g/mol. The second-order valence-corrected chi connectivity index (χ2v) is 3.31. The van der Waals surface area contributed by atoms with E-state index >= 15 is 0 Å². The van der Waals surface area contributed by atoms with Gasteiger partial charge in [0, 0.05) is 20.0 Å². The molecule has 0 N–H and O–H groups in total. The van der Waals surface area contributed by atoms with Crippen LogP contribution in [-0.2, 0) is 7.05 Å². The van der Waals surface area contributed by atoms with Crippen molar-refractivity contribution in [3.05, 3.63) is 29.6 Å². The lowest BCUT2D eigenvalue weighted by Crippen LogP contribution is -2.02. The number of carbonyl (C=O) groups is 1. The Bertz CT molecular complexity index is 560. The van der Waals surface area contributed by atoms with Gasteiger partial charge in [0.1, 0.15) is 11.3 Å². The summed E-state index contributed by atoms with van der Waals surface area (Å²) in [5.41, 5.74) is 0.293. The van der Waals surface area contributed by atoms with Crippen LogP contribution in [0, 0.1) is 11.6 Å². The van der Waals surface area contributed by atoms with E-state index in [9.17, 15) is 13.6 Å². The van der Waals surface area contributed by atoms with Gasteiger partial charge in [-0.25, -0.2) is 13.8 Å². The van der Waals surface area contributed by atoms with Crippen LogP contribution in [0.5, 0.6) is 0 Å². The van der Waals surface area contributed by atoms with Crippen LogP contribution in [0.1, 0.15) is 17.5 Å². The smallest absolute Gasteiger partial charge is 0.195 e. The summed E-state index contributed by atoms with van der Waals surface area (Å²) in [6.07, 6.45) is 0. The zero-order valence-corrected chi connectivity index (χ0v) is 8.21. The molecule has 0 atom stereocenters. The number of rotatable bonds is 1. The summed E-state index contributed by atoms with van der Waals surface area (Å²) in [5.74, 6) is -1.60. The quantitative estimate of drug-likeness (QED) is 0.675. The molecule has 0 aliphatic carbocycles.